The first-order valence-electron chi connectivity index (χ1n) is 5.92. The fourth-order valence-corrected chi connectivity index (χ4v) is 2.09. The van der Waals surface area contributed by atoms with Crippen LogP contribution in [-0.4, -0.2) is 4.57 Å². The first kappa shape index (κ1) is 12.3. The summed E-state index contributed by atoms with van der Waals surface area (Å²) in [5.41, 5.74) is 5.45. The number of halogens is 2. The van der Waals surface area contributed by atoms with Crippen LogP contribution in [0, 0.1) is 11.6 Å². The summed E-state index contributed by atoms with van der Waals surface area (Å²) in [6.45, 7) is 0. The average Bonchev–Trinajstić information content (AvgIpc) is 2.42. The molecule has 100 valence electrons. The molecule has 0 unspecified atom stereocenters. The lowest BCUT2D eigenvalue weighted by Gasteiger charge is -2.08. The molecule has 0 saturated heterocycles. The molecule has 0 aliphatic rings. The molecule has 0 aliphatic carbocycles. The molecule has 0 spiro atoms. The molecule has 2 aromatic carbocycles. The second-order valence-electron chi connectivity index (χ2n) is 4.43. The van der Waals surface area contributed by atoms with Gasteiger partial charge in [0.25, 0.3) is 5.56 Å². The summed E-state index contributed by atoms with van der Waals surface area (Å²) in [5, 5.41) is 0.869. The molecule has 0 bridgehead atoms. The van der Waals surface area contributed by atoms with Crippen molar-refractivity contribution in [1.82, 2.24) is 4.57 Å². The van der Waals surface area contributed by atoms with Crippen molar-refractivity contribution in [3.8, 4) is 5.69 Å². The fraction of sp³-hybridized carbons (Fsp3) is 0. The quantitative estimate of drug-likeness (QED) is 0.692. The Hall–Kier alpha value is -2.69. The second-order valence-corrected chi connectivity index (χ2v) is 4.43. The Labute approximate surface area is 112 Å². The van der Waals surface area contributed by atoms with E-state index in [-0.39, 0.29) is 11.2 Å². The maximum atomic E-state index is 13.5. The van der Waals surface area contributed by atoms with Gasteiger partial charge in [0.05, 0.1) is 11.4 Å². The second kappa shape index (κ2) is 4.45. The van der Waals surface area contributed by atoms with Crippen molar-refractivity contribution >= 4 is 16.5 Å². The number of nitrogens with zero attached hydrogens (tertiary/aromatic N) is 1. The number of fused-ring (bicyclic) bond motifs is 1. The maximum Gasteiger partial charge on any atom is 0.262 e. The van der Waals surface area contributed by atoms with E-state index in [0.29, 0.717) is 16.5 Å². The van der Waals surface area contributed by atoms with Crippen LogP contribution in [0.15, 0.2) is 53.5 Å². The predicted molar refractivity (Wildman–Crippen MR) is 73.9 cm³/mol. The molecular weight excluding hydrogens is 262 g/mol. The summed E-state index contributed by atoms with van der Waals surface area (Å²) in [4.78, 5) is 12.3. The minimum absolute atomic E-state index is 0.0182. The third kappa shape index (κ3) is 1.93. The molecule has 2 N–H and O–H groups in total. The highest BCUT2D eigenvalue weighted by Gasteiger charge is 2.07. The lowest BCUT2D eigenvalue weighted by atomic mass is 10.1. The summed E-state index contributed by atoms with van der Waals surface area (Å²) < 4.78 is 27.9. The number of anilines is 1. The van der Waals surface area contributed by atoms with Gasteiger partial charge in [-0.25, -0.2) is 8.78 Å². The van der Waals surface area contributed by atoms with Gasteiger partial charge in [-0.3, -0.25) is 9.36 Å². The molecule has 0 fully saturated rings. The van der Waals surface area contributed by atoms with E-state index in [4.69, 9.17) is 5.73 Å². The molecule has 0 radical (unpaired) electrons. The molecule has 1 heterocycles. The number of hydrogen-bond donors (Lipinski definition) is 1. The summed E-state index contributed by atoms with van der Waals surface area (Å²) in [5.74, 6) is -0.998. The summed E-state index contributed by atoms with van der Waals surface area (Å²) >= 11 is 0. The molecule has 0 atom stereocenters. The molecule has 3 rings (SSSR count). The van der Waals surface area contributed by atoms with Crippen LogP contribution in [0.25, 0.3) is 16.5 Å². The van der Waals surface area contributed by atoms with Gasteiger partial charge < -0.3 is 5.73 Å². The van der Waals surface area contributed by atoms with E-state index < -0.39 is 11.6 Å². The van der Waals surface area contributed by atoms with E-state index >= 15 is 0 Å². The molecule has 0 amide bonds. The molecule has 1 aromatic heterocycles. The Kier molecular flexibility index (Phi) is 2.75. The fourth-order valence-electron chi connectivity index (χ4n) is 2.09. The molecule has 5 heteroatoms. The number of nitrogen functional groups attached to an aromatic ring is 1. The molecule has 0 aliphatic heterocycles. The lowest BCUT2D eigenvalue weighted by Crippen LogP contribution is -2.17. The molecular formula is C15H10F2N2O. The van der Waals surface area contributed by atoms with Crippen molar-refractivity contribution < 1.29 is 8.78 Å². The van der Waals surface area contributed by atoms with Crippen LogP contribution >= 0.6 is 0 Å². The zero-order chi connectivity index (χ0) is 14.3. The van der Waals surface area contributed by atoms with Gasteiger partial charge in [-0.05, 0) is 41.8 Å². The van der Waals surface area contributed by atoms with Crippen molar-refractivity contribution in [1.29, 1.82) is 0 Å². The van der Waals surface area contributed by atoms with E-state index in [1.807, 2.05) is 0 Å². The number of benzene rings is 2. The highest BCUT2D eigenvalue weighted by molar-refractivity contribution is 5.81. The topological polar surface area (TPSA) is 48.0 Å². The third-order valence-electron chi connectivity index (χ3n) is 3.13. The summed E-state index contributed by atoms with van der Waals surface area (Å²) in [6.07, 6.45) is 1.48. The van der Waals surface area contributed by atoms with Crippen LogP contribution in [-0.2, 0) is 0 Å². The van der Waals surface area contributed by atoms with E-state index in [1.54, 1.807) is 12.1 Å². The van der Waals surface area contributed by atoms with Crippen molar-refractivity contribution in [3.05, 3.63) is 70.6 Å². The Bertz CT molecular complexity index is 871. The van der Waals surface area contributed by atoms with Gasteiger partial charge in [-0.2, -0.15) is 0 Å². The van der Waals surface area contributed by atoms with E-state index in [0.717, 1.165) is 0 Å². The molecule has 3 nitrogen and oxygen atoms in total. The predicted octanol–water partition coefficient (Wildman–Crippen LogP) is 2.85. The first-order valence-corrected chi connectivity index (χ1v) is 5.92. The van der Waals surface area contributed by atoms with Crippen LogP contribution in [0.5, 0.6) is 0 Å². The normalized spacial score (nSPS) is 10.9. The van der Waals surface area contributed by atoms with E-state index in [9.17, 15) is 13.6 Å². The van der Waals surface area contributed by atoms with Gasteiger partial charge in [0, 0.05) is 17.6 Å². The Morgan fingerprint density at radius 2 is 1.80 bits per heavy atom. The van der Waals surface area contributed by atoms with Crippen LogP contribution < -0.4 is 11.3 Å². The van der Waals surface area contributed by atoms with Gasteiger partial charge in [0.1, 0.15) is 11.6 Å². The Balaban J connectivity index is 2.27. The smallest absolute Gasteiger partial charge is 0.262 e. The zero-order valence-corrected chi connectivity index (χ0v) is 10.3. The van der Waals surface area contributed by atoms with Gasteiger partial charge >= 0.3 is 0 Å². The average molecular weight is 272 g/mol. The molecule has 3 aromatic rings. The lowest BCUT2D eigenvalue weighted by molar-refractivity contribution is 0.629. The highest BCUT2D eigenvalue weighted by Crippen LogP contribution is 2.17. The summed E-state index contributed by atoms with van der Waals surface area (Å²) in [6, 6.07) is 9.65. The van der Waals surface area contributed by atoms with Crippen LogP contribution in [0.3, 0.4) is 0 Å². The molecule has 0 saturated carbocycles. The van der Waals surface area contributed by atoms with E-state index in [1.165, 1.54) is 41.1 Å². The minimum Gasteiger partial charge on any atom is -0.396 e. The third-order valence-corrected chi connectivity index (χ3v) is 3.13. The van der Waals surface area contributed by atoms with Gasteiger partial charge in [-0.15, -0.1) is 0 Å². The Morgan fingerprint density at radius 3 is 2.55 bits per heavy atom. The van der Waals surface area contributed by atoms with Gasteiger partial charge in [-0.1, -0.05) is 0 Å². The largest absolute Gasteiger partial charge is 0.396 e. The standard InChI is InChI=1S/C15H10F2N2O/c16-10-1-3-12-9(7-10)5-6-19(15(12)20)11-2-4-14(18)13(17)8-11/h1-8H,18H2. The number of rotatable bonds is 1. The maximum absolute atomic E-state index is 13.5. The number of aromatic nitrogens is 1. The minimum atomic E-state index is -0.589. The number of hydrogen-bond acceptors (Lipinski definition) is 2. The first-order chi connectivity index (χ1) is 9.56. The summed E-state index contributed by atoms with van der Waals surface area (Å²) in [7, 11) is 0. The monoisotopic (exact) mass is 272 g/mol. The van der Waals surface area contributed by atoms with Crippen LogP contribution in [0.1, 0.15) is 0 Å². The van der Waals surface area contributed by atoms with Crippen molar-refractivity contribution in [2.45, 2.75) is 0 Å². The van der Waals surface area contributed by atoms with Crippen molar-refractivity contribution in [3.63, 3.8) is 0 Å². The number of nitrogens with two attached hydrogens (primary N) is 1. The van der Waals surface area contributed by atoms with Gasteiger partial charge in [0.2, 0.25) is 0 Å². The van der Waals surface area contributed by atoms with Crippen molar-refractivity contribution in [2.75, 3.05) is 5.73 Å². The zero-order valence-electron chi connectivity index (χ0n) is 10.3. The number of pyridine rings is 1. The Morgan fingerprint density at radius 1 is 1.00 bits per heavy atom. The van der Waals surface area contributed by atoms with Crippen LogP contribution in [0.4, 0.5) is 14.5 Å². The van der Waals surface area contributed by atoms with Gasteiger partial charge in [0.15, 0.2) is 0 Å². The van der Waals surface area contributed by atoms with E-state index in [2.05, 4.69) is 0 Å². The van der Waals surface area contributed by atoms with Crippen LogP contribution in [0.2, 0.25) is 0 Å². The molecule has 20 heavy (non-hydrogen) atoms. The highest BCUT2D eigenvalue weighted by atomic mass is 19.1. The SMILES string of the molecule is Nc1ccc(-n2ccc3cc(F)ccc3c2=O)cc1F. The van der Waals surface area contributed by atoms with Crippen molar-refractivity contribution in [2.24, 2.45) is 0 Å².